The minimum absolute atomic E-state index is 0.115. The third kappa shape index (κ3) is 7.54. The fourth-order valence-electron chi connectivity index (χ4n) is 4.00. The van der Waals surface area contributed by atoms with Gasteiger partial charge in [-0.15, -0.1) is 11.8 Å². The standard InChI is InChI=1S/C25H34FN5OS/c1-4-5-17(2)29-25(32)21-12-15-33-23(31-21)16-22(30-20-10-13-28-14-11-20)24(27-3)18-6-8-19(26)9-7-18/h6-9,12,17,20,28,30H,3-5,10-11,13-16H2,1-2H3,(H,29,32)/b24-22-. The Morgan fingerprint density at radius 3 is 2.73 bits per heavy atom. The van der Waals surface area contributed by atoms with Crippen molar-refractivity contribution in [2.45, 2.75) is 58.0 Å². The monoisotopic (exact) mass is 471 g/mol. The Bertz CT molecular complexity index is 919. The van der Waals surface area contributed by atoms with E-state index in [-0.39, 0.29) is 17.8 Å². The van der Waals surface area contributed by atoms with Gasteiger partial charge in [-0.25, -0.2) is 9.38 Å². The summed E-state index contributed by atoms with van der Waals surface area (Å²) in [5, 5.41) is 10.9. The quantitative estimate of drug-likeness (QED) is 0.446. The molecule has 33 heavy (non-hydrogen) atoms. The average molecular weight is 472 g/mol. The number of thioether (sulfide) groups is 1. The number of benzene rings is 1. The molecule has 0 radical (unpaired) electrons. The first kappa shape index (κ1) is 25.2. The molecule has 2 heterocycles. The van der Waals surface area contributed by atoms with Gasteiger partial charge in [-0.2, -0.15) is 0 Å². The van der Waals surface area contributed by atoms with Crippen LogP contribution >= 0.6 is 11.8 Å². The van der Waals surface area contributed by atoms with Crippen LogP contribution in [0.1, 0.15) is 51.5 Å². The van der Waals surface area contributed by atoms with Crippen LogP contribution in [-0.2, 0) is 4.79 Å². The molecule has 3 N–H and O–H groups in total. The van der Waals surface area contributed by atoms with Crippen molar-refractivity contribution in [2.75, 3.05) is 18.8 Å². The van der Waals surface area contributed by atoms with Gasteiger partial charge in [0.05, 0.1) is 10.7 Å². The van der Waals surface area contributed by atoms with Crippen molar-refractivity contribution in [3.05, 3.63) is 53.1 Å². The van der Waals surface area contributed by atoms with Gasteiger partial charge in [0.1, 0.15) is 11.5 Å². The zero-order valence-electron chi connectivity index (χ0n) is 19.5. The van der Waals surface area contributed by atoms with E-state index in [1.54, 1.807) is 23.9 Å². The van der Waals surface area contributed by atoms with Crippen molar-refractivity contribution in [1.29, 1.82) is 0 Å². The third-order valence-electron chi connectivity index (χ3n) is 5.71. The number of carbonyl (C=O) groups excluding carboxylic acids is 1. The summed E-state index contributed by atoms with van der Waals surface area (Å²) < 4.78 is 13.5. The van der Waals surface area contributed by atoms with Crippen LogP contribution in [-0.4, -0.2) is 48.6 Å². The molecule has 0 saturated carbocycles. The molecule has 6 nitrogen and oxygen atoms in total. The van der Waals surface area contributed by atoms with Crippen LogP contribution in [0.25, 0.3) is 5.70 Å². The highest BCUT2D eigenvalue weighted by atomic mass is 32.2. The van der Waals surface area contributed by atoms with E-state index in [0.717, 1.165) is 55.1 Å². The fourth-order valence-corrected chi connectivity index (χ4v) is 4.84. The Morgan fingerprint density at radius 2 is 2.06 bits per heavy atom. The number of rotatable bonds is 10. The third-order valence-corrected chi connectivity index (χ3v) is 6.61. The maximum atomic E-state index is 13.5. The Morgan fingerprint density at radius 1 is 1.33 bits per heavy atom. The van der Waals surface area contributed by atoms with E-state index in [4.69, 9.17) is 0 Å². The molecule has 0 aromatic heterocycles. The van der Waals surface area contributed by atoms with Crippen LogP contribution in [0.2, 0.25) is 0 Å². The zero-order chi connectivity index (χ0) is 23.6. The lowest BCUT2D eigenvalue weighted by atomic mass is 10.0. The molecule has 3 rings (SSSR count). The molecule has 1 saturated heterocycles. The Balaban J connectivity index is 1.85. The van der Waals surface area contributed by atoms with Crippen molar-refractivity contribution in [3.8, 4) is 0 Å². The molecule has 0 aliphatic carbocycles. The van der Waals surface area contributed by atoms with Crippen molar-refractivity contribution in [3.63, 3.8) is 0 Å². The molecule has 0 bridgehead atoms. The van der Waals surface area contributed by atoms with E-state index in [1.807, 2.05) is 13.0 Å². The van der Waals surface area contributed by atoms with E-state index >= 15 is 0 Å². The number of allylic oxidation sites excluding steroid dienone is 1. The lowest BCUT2D eigenvalue weighted by Crippen LogP contribution is -2.40. The normalized spacial score (nSPS) is 18.5. The maximum Gasteiger partial charge on any atom is 0.269 e. The number of nitrogens with zero attached hydrogens (tertiary/aromatic N) is 2. The highest BCUT2D eigenvalue weighted by Crippen LogP contribution is 2.27. The lowest BCUT2D eigenvalue weighted by Gasteiger charge is -2.27. The molecule has 1 aromatic rings. The number of nitrogens with one attached hydrogen (secondary N) is 3. The van der Waals surface area contributed by atoms with E-state index in [9.17, 15) is 9.18 Å². The summed E-state index contributed by atoms with van der Waals surface area (Å²) in [6.45, 7) is 9.81. The molecule has 1 atom stereocenters. The van der Waals surface area contributed by atoms with Crippen molar-refractivity contribution >= 4 is 35.1 Å². The van der Waals surface area contributed by atoms with Gasteiger partial charge in [-0.1, -0.05) is 13.3 Å². The second-order valence-electron chi connectivity index (χ2n) is 8.41. The van der Waals surface area contributed by atoms with Crippen LogP contribution < -0.4 is 16.0 Å². The van der Waals surface area contributed by atoms with Crippen LogP contribution in [0, 0.1) is 5.82 Å². The Kier molecular flexibility index (Phi) is 9.69. The van der Waals surface area contributed by atoms with Crippen LogP contribution in [0.15, 0.2) is 51.7 Å². The molecule has 1 aromatic carbocycles. The predicted octanol–water partition coefficient (Wildman–Crippen LogP) is 4.26. The van der Waals surface area contributed by atoms with Gasteiger partial charge in [0.25, 0.3) is 5.91 Å². The first-order valence-corrected chi connectivity index (χ1v) is 12.6. The minimum Gasteiger partial charge on any atom is -0.383 e. The summed E-state index contributed by atoms with van der Waals surface area (Å²) in [5.74, 6) is 0.268. The minimum atomic E-state index is -0.291. The maximum absolute atomic E-state index is 13.5. The largest absolute Gasteiger partial charge is 0.383 e. The summed E-state index contributed by atoms with van der Waals surface area (Å²) >= 11 is 1.61. The van der Waals surface area contributed by atoms with Gasteiger partial charge in [-0.3, -0.25) is 9.79 Å². The van der Waals surface area contributed by atoms with Crippen LogP contribution in [0.5, 0.6) is 0 Å². The number of carbonyl (C=O) groups is 1. The van der Waals surface area contributed by atoms with Crippen LogP contribution in [0.4, 0.5) is 4.39 Å². The molecule has 1 unspecified atom stereocenters. The predicted molar refractivity (Wildman–Crippen MR) is 137 cm³/mol. The molecule has 1 amide bonds. The first-order valence-electron chi connectivity index (χ1n) is 11.6. The highest BCUT2D eigenvalue weighted by Gasteiger charge is 2.21. The average Bonchev–Trinajstić information content (AvgIpc) is 2.81. The summed E-state index contributed by atoms with van der Waals surface area (Å²) in [4.78, 5) is 21.7. The second kappa shape index (κ2) is 12.7. The van der Waals surface area contributed by atoms with Crippen molar-refractivity contribution in [1.82, 2.24) is 16.0 Å². The van der Waals surface area contributed by atoms with Crippen molar-refractivity contribution < 1.29 is 9.18 Å². The molecule has 2 aliphatic heterocycles. The zero-order valence-corrected chi connectivity index (χ0v) is 20.3. The number of halogens is 1. The van der Waals surface area contributed by atoms with Gasteiger partial charge in [0.15, 0.2) is 0 Å². The van der Waals surface area contributed by atoms with Gasteiger partial charge >= 0.3 is 0 Å². The Hall–Kier alpha value is -2.45. The molecular weight excluding hydrogens is 437 g/mol. The molecular formula is C25H34FN5OS. The summed E-state index contributed by atoms with van der Waals surface area (Å²) in [7, 11) is 0. The topological polar surface area (TPSA) is 77.9 Å². The first-order chi connectivity index (χ1) is 16.0. The molecule has 8 heteroatoms. The lowest BCUT2D eigenvalue weighted by molar-refractivity contribution is -0.118. The number of piperidine rings is 1. The molecule has 0 spiro atoms. The fraction of sp³-hybridized carbons (Fsp3) is 0.480. The number of hydrogen-bond acceptors (Lipinski definition) is 6. The van der Waals surface area contributed by atoms with Crippen LogP contribution in [0.3, 0.4) is 0 Å². The van der Waals surface area contributed by atoms with E-state index in [2.05, 4.69) is 39.6 Å². The van der Waals surface area contributed by atoms with E-state index in [0.29, 0.717) is 29.6 Å². The van der Waals surface area contributed by atoms with Gasteiger partial charge in [0.2, 0.25) is 0 Å². The second-order valence-corrected chi connectivity index (χ2v) is 9.50. The van der Waals surface area contributed by atoms with Gasteiger partial charge in [-0.05, 0) is 76.3 Å². The summed E-state index contributed by atoms with van der Waals surface area (Å²) in [5.41, 5.74) is 2.85. The Labute approximate surface area is 200 Å². The molecule has 178 valence electrons. The molecule has 1 fully saturated rings. The van der Waals surface area contributed by atoms with E-state index in [1.165, 1.54) is 12.1 Å². The molecule has 2 aliphatic rings. The number of aliphatic imine (C=N–C) groups is 2. The smallest absolute Gasteiger partial charge is 0.269 e. The van der Waals surface area contributed by atoms with Gasteiger partial charge in [0, 0.05) is 35.5 Å². The van der Waals surface area contributed by atoms with Crippen molar-refractivity contribution in [2.24, 2.45) is 9.98 Å². The SMILES string of the molecule is C=N/C(=C(/CC1=NC(C(=O)NC(C)CCC)=CCS1)NC1CCNCC1)c1ccc(F)cc1. The number of hydrogen-bond donors (Lipinski definition) is 3. The van der Waals surface area contributed by atoms with Gasteiger partial charge < -0.3 is 16.0 Å². The summed E-state index contributed by atoms with van der Waals surface area (Å²) in [6.07, 6.45) is 6.33. The van der Waals surface area contributed by atoms with E-state index < -0.39 is 0 Å². The number of amides is 1. The summed E-state index contributed by atoms with van der Waals surface area (Å²) in [6, 6.07) is 6.71. The highest BCUT2D eigenvalue weighted by molar-refractivity contribution is 8.14.